The van der Waals surface area contributed by atoms with E-state index in [-0.39, 0.29) is 36.8 Å². The monoisotopic (exact) mass is 243 g/mol. The maximum Gasteiger partial charge on any atom is 0.358 e. The van der Waals surface area contributed by atoms with Crippen LogP contribution in [0.5, 0.6) is 5.75 Å². The number of ether oxygens (including phenoxy) is 1. The SMILES string of the molecule is O=C(O)c1ncccc1OCC1CC(F)(F)C1. The average Bonchev–Trinajstić information content (AvgIpc) is 2.23. The van der Waals surface area contributed by atoms with Crippen LogP contribution >= 0.6 is 0 Å². The highest BCUT2D eigenvalue weighted by molar-refractivity contribution is 5.88. The van der Waals surface area contributed by atoms with Gasteiger partial charge in [-0.15, -0.1) is 0 Å². The second-order valence-corrected chi connectivity index (χ2v) is 4.10. The molecule has 0 amide bonds. The Balaban J connectivity index is 1.93. The first-order valence-corrected chi connectivity index (χ1v) is 5.17. The van der Waals surface area contributed by atoms with Crippen LogP contribution in [-0.4, -0.2) is 28.6 Å². The van der Waals surface area contributed by atoms with Gasteiger partial charge in [0, 0.05) is 25.0 Å². The van der Waals surface area contributed by atoms with E-state index in [1.54, 1.807) is 0 Å². The highest BCUT2D eigenvalue weighted by Gasteiger charge is 2.45. The Morgan fingerprint density at radius 3 is 2.88 bits per heavy atom. The topological polar surface area (TPSA) is 59.4 Å². The molecule has 6 heteroatoms. The molecular formula is C11H11F2NO3. The molecule has 4 nitrogen and oxygen atoms in total. The molecule has 1 aromatic heterocycles. The summed E-state index contributed by atoms with van der Waals surface area (Å²) < 4.78 is 30.3. The minimum atomic E-state index is -2.58. The molecule has 1 aliphatic carbocycles. The smallest absolute Gasteiger partial charge is 0.358 e. The Morgan fingerprint density at radius 2 is 2.29 bits per heavy atom. The Labute approximate surface area is 96.2 Å². The maximum atomic E-state index is 12.6. The molecule has 17 heavy (non-hydrogen) atoms. The van der Waals surface area contributed by atoms with Gasteiger partial charge in [0.05, 0.1) is 6.61 Å². The van der Waals surface area contributed by atoms with Gasteiger partial charge < -0.3 is 9.84 Å². The first kappa shape index (κ1) is 11.8. The van der Waals surface area contributed by atoms with Crippen LogP contribution < -0.4 is 4.74 Å². The zero-order chi connectivity index (χ0) is 12.5. The van der Waals surface area contributed by atoms with Crippen molar-refractivity contribution < 1.29 is 23.4 Å². The molecule has 0 radical (unpaired) electrons. The third kappa shape index (κ3) is 2.69. The Hall–Kier alpha value is -1.72. The van der Waals surface area contributed by atoms with E-state index in [0.29, 0.717) is 0 Å². The quantitative estimate of drug-likeness (QED) is 0.880. The van der Waals surface area contributed by atoms with Crippen molar-refractivity contribution in [1.29, 1.82) is 0 Å². The van der Waals surface area contributed by atoms with Gasteiger partial charge in [-0.1, -0.05) is 0 Å². The summed E-state index contributed by atoms with van der Waals surface area (Å²) in [6, 6.07) is 3.00. The van der Waals surface area contributed by atoms with Crippen LogP contribution in [0.2, 0.25) is 0 Å². The summed E-state index contributed by atoms with van der Waals surface area (Å²) in [6.07, 6.45) is 0.944. The van der Waals surface area contributed by atoms with Gasteiger partial charge in [0.2, 0.25) is 5.92 Å². The van der Waals surface area contributed by atoms with Crippen molar-refractivity contribution in [2.45, 2.75) is 18.8 Å². The predicted octanol–water partition coefficient (Wildman–Crippen LogP) is 2.20. The van der Waals surface area contributed by atoms with Crippen LogP contribution in [-0.2, 0) is 0 Å². The van der Waals surface area contributed by atoms with Crippen molar-refractivity contribution >= 4 is 5.97 Å². The van der Waals surface area contributed by atoms with E-state index in [1.807, 2.05) is 0 Å². The van der Waals surface area contributed by atoms with E-state index >= 15 is 0 Å². The van der Waals surface area contributed by atoms with Crippen LogP contribution in [0.3, 0.4) is 0 Å². The standard InChI is InChI=1S/C11H11F2NO3/c12-11(13)4-7(5-11)6-17-8-2-1-3-14-9(8)10(15)16/h1-3,7H,4-6H2,(H,15,16). The molecule has 0 atom stereocenters. The van der Waals surface area contributed by atoms with Crippen LogP contribution in [0.1, 0.15) is 23.3 Å². The lowest BCUT2D eigenvalue weighted by Gasteiger charge is -2.34. The number of carbonyl (C=O) groups is 1. The first-order chi connectivity index (χ1) is 7.98. The third-order valence-corrected chi connectivity index (χ3v) is 2.62. The van der Waals surface area contributed by atoms with Crippen molar-refractivity contribution in [3.63, 3.8) is 0 Å². The van der Waals surface area contributed by atoms with Crippen LogP contribution in [0, 0.1) is 5.92 Å². The minimum Gasteiger partial charge on any atom is -0.491 e. The van der Waals surface area contributed by atoms with Gasteiger partial charge in [-0.2, -0.15) is 0 Å². The zero-order valence-electron chi connectivity index (χ0n) is 8.90. The number of halogens is 2. The molecule has 1 heterocycles. The number of nitrogens with zero attached hydrogens (tertiary/aromatic N) is 1. The molecule has 1 aliphatic rings. The van der Waals surface area contributed by atoms with E-state index < -0.39 is 11.9 Å². The van der Waals surface area contributed by atoms with Gasteiger partial charge >= 0.3 is 5.97 Å². The molecule has 2 rings (SSSR count). The summed E-state index contributed by atoms with van der Waals surface area (Å²) >= 11 is 0. The first-order valence-electron chi connectivity index (χ1n) is 5.17. The summed E-state index contributed by atoms with van der Waals surface area (Å²) in [5.74, 6) is -3.87. The van der Waals surface area contributed by atoms with E-state index in [4.69, 9.17) is 9.84 Å². The second-order valence-electron chi connectivity index (χ2n) is 4.10. The molecule has 0 unspecified atom stereocenters. The van der Waals surface area contributed by atoms with Crippen molar-refractivity contribution in [3.8, 4) is 5.75 Å². The summed E-state index contributed by atoms with van der Waals surface area (Å²) in [5, 5.41) is 8.82. The molecule has 0 spiro atoms. The molecule has 0 aromatic carbocycles. The number of carboxylic acid groups (broad SMARTS) is 1. The predicted molar refractivity (Wildman–Crippen MR) is 54.4 cm³/mol. The van der Waals surface area contributed by atoms with E-state index in [0.717, 1.165) is 0 Å². The highest BCUT2D eigenvalue weighted by atomic mass is 19.3. The molecule has 1 N–H and O–H groups in total. The van der Waals surface area contributed by atoms with Gasteiger partial charge in [0.1, 0.15) is 0 Å². The van der Waals surface area contributed by atoms with Gasteiger partial charge in [0.15, 0.2) is 11.4 Å². The fourth-order valence-corrected chi connectivity index (χ4v) is 1.78. The zero-order valence-corrected chi connectivity index (χ0v) is 8.90. The molecule has 1 fully saturated rings. The number of hydrogen-bond acceptors (Lipinski definition) is 3. The van der Waals surface area contributed by atoms with Crippen LogP contribution in [0.4, 0.5) is 8.78 Å². The Kier molecular flexibility index (Phi) is 2.95. The van der Waals surface area contributed by atoms with Crippen molar-refractivity contribution in [1.82, 2.24) is 4.98 Å². The number of aromatic nitrogens is 1. The van der Waals surface area contributed by atoms with E-state index in [2.05, 4.69) is 4.98 Å². The van der Waals surface area contributed by atoms with Gasteiger partial charge in [-0.3, -0.25) is 0 Å². The summed E-state index contributed by atoms with van der Waals surface area (Å²) in [5.41, 5.74) is -0.196. The molecule has 1 aromatic rings. The molecule has 0 saturated heterocycles. The summed E-state index contributed by atoms with van der Waals surface area (Å²) in [6.45, 7) is 0.0988. The lowest BCUT2D eigenvalue weighted by molar-refractivity contribution is -0.119. The minimum absolute atomic E-state index is 0.0988. The van der Waals surface area contributed by atoms with Gasteiger partial charge in [0.25, 0.3) is 0 Å². The number of aromatic carboxylic acids is 1. The summed E-state index contributed by atoms with van der Waals surface area (Å²) in [4.78, 5) is 14.4. The fraction of sp³-hybridized carbons (Fsp3) is 0.455. The Morgan fingerprint density at radius 1 is 1.59 bits per heavy atom. The van der Waals surface area contributed by atoms with Gasteiger partial charge in [-0.05, 0) is 12.1 Å². The number of alkyl halides is 2. The fourth-order valence-electron chi connectivity index (χ4n) is 1.78. The molecule has 92 valence electrons. The molecular weight excluding hydrogens is 232 g/mol. The van der Waals surface area contributed by atoms with E-state index in [1.165, 1.54) is 18.3 Å². The lowest BCUT2D eigenvalue weighted by atomic mass is 9.82. The number of hydrogen-bond donors (Lipinski definition) is 1. The molecule has 0 bridgehead atoms. The maximum absolute atomic E-state index is 12.6. The molecule has 1 saturated carbocycles. The number of carboxylic acids is 1. The van der Waals surface area contributed by atoms with Crippen molar-refractivity contribution in [3.05, 3.63) is 24.0 Å². The summed E-state index contributed by atoms with van der Waals surface area (Å²) in [7, 11) is 0. The van der Waals surface area contributed by atoms with Crippen molar-refractivity contribution in [2.75, 3.05) is 6.61 Å². The van der Waals surface area contributed by atoms with Crippen LogP contribution in [0.25, 0.3) is 0 Å². The highest BCUT2D eigenvalue weighted by Crippen LogP contribution is 2.42. The second kappa shape index (κ2) is 4.27. The average molecular weight is 243 g/mol. The normalized spacial score (nSPS) is 18.5. The van der Waals surface area contributed by atoms with Gasteiger partial charge in [-0.25, -0.2) is 18.6 Å². The Bertz CT molecular complexity index is 428. The van der Waals surface area contributed by atoms with Crippen LogP contribution in [0.15, 0.2) is 18.3 Å². The largest absolute Gasteiger partial charge is 0.491 e. The van der Waals surface area contributed by atoms with Crippen molar-refractivity contribution in [2.24, 2.45) is 5.92 Å². The number of rotatable bonds is 4. The lowest BCUT2D eigenvalue weighted by Crippen LogP contribution is -2.38. The number of pyridine rings is 1. The molecule has 0 aliphatic heterocycles. The third-order valence-electron chi connectivity index (χ3n) is 2.62. The van der Waals surface area contributed by atoms with E-state index in [9.17, 15) is 13.6 Å².